The topological polar surface area (TPSA) is 85.6 Å². The fourth-order valence-electron chi connectivity index (χ4n) is 3.05. The highest BCUT2D eigenvalue weighted by atomic mass is 19.3. The molecule has 1 heterocycles. The lowest BCUT2D eigenvalue weighted by Gasteiger charge is -2.15. The number of nitrogens with one attached hydrogen (secondary N) is 2. The van der Waals surface area contributed by atoms with Gasteiger partial charge in [-0.3, -0.25) is 0 Å². The fourth-order valence-corrected chi connectivity index (χ4v) is 3.05. The third-order valence-corrected chi connectivity index (χ3v) is 4.50. The summed E-state index contributed by atoms with van der Waals surface area (Å²) in [5.74, 6) is 1.19. The lowest BCUT2D eigenvalue weighted by molar-refractivity contribution is -0.0504. The Morgan fingerprint density at radius 3 is 2.72 bits per heavy atom. The maximum atomic E-state index is 12.7. The zero-order valence-electron chi connectivity index (χ0n) is 18.0. The van der Waals surface area contributed by atoms with Crippen molar-refractivity contribution in [2.24, 2.45) is 4.99 Å². The number of alkyl halides is 2. The van der Waals surface area contributed by atoms with Gasteiger partial charge in [-0.25, -0.2) is 14.7 Å². The summed E-state index contributed by atoms with van der Waals surface area (Å²) in [6.45, 7) is 0.993. The van der Waals surface area contributed by atoms with E-state index in [0.717, 1.165) is 11.1 Å². The molecule has 0 aliphatic heterocycles. The lowest BCUT2D eigenvalue weighted by atomic mass is 10.1. The first kappa shape index (κ1) is 23.0. The minimum absolute atomic E-state index is 0.0879. The van der Waals surface area contributed by atoms with Gasteiger partial charge < -0.3 is 20.1 Å². The van der Waals surface area contributed by atoms with Gasteiger partial charge >= 0.3 is 6.61 Å². The Morgan fingerprint density at radius 2 is 2.00 bits per heavy atom. The maximum absolute atomic E-state index is 12.7. The molecule has 0 radical (unpaired) electrons. The lowest BCUT2D eigenvalue weighted by Crippen LogP contribution is -2.36. The number of nitrogens with zero attached hydrogens (tertiary/aromatic N) is 4. The van der Waals surface area contributed by atoms with Crippen LogP contribution in [0.25, 0.3) is 0 Å². The van der Waals surface area contributed by atoms with Crippen LogP contribution < -0.4 is 20.1 Å². The summed E-state index contributed by atoms with van der Waals surface area (Å²) < 4.78 is 37.1. The SMILES string of the molecule is CCNC(=NCc1cccc(Cn2cncn2)c1)NCc1cc(OC)ccc1OC(F)F. The molecule has 0 fully saturated rings. The molecular formula is C22H26F2N6O2. The van der Waals surface area contributed by atoms with E-state index in [1.165, 1.54) is 19.5 Å². The Balaban J connectivity index is 1.68. The van der Waals surface area contributed by atoms with Crippen LogP contribution in [0.1, 0.15) is 23.6 Å². The Hall–Kier alpha value is -3.69. The number of aromatic nitrogens is 3. The number of hydrogen-bond acceptors (Lipinski definition) is 5. The van der Waals surface area contributed by atoms with Gasteiger partial charge in [0.05, 0.1) is 20.2 Å². The Morgan fingerprint density at radius 1 is 1.16 bits per heavy atom. The highest BCUT2D eigenvalue weighted by Gasteiger charge is 2.11. The summed E-state index contributed by atoms with van der Waals surface area (Å²) in [6.07, 6.45) is 3.17. The standard InChI is InChI=1S/C22H26F2N6O2/c1-3-26-22(28-12-18-10-19(31-2)7-8-20(18)32-21(23)24)27-11-16-5-4-6-17(9-16)13-30-15-25-14-29-30/h4-10,14-15,21H,3,11-13H2,1-2H3,(H2,26,27,28). The van der Waals surface area contributed by atoms with Crippen molar-refractivity contribution in [3.05, 3.63) is 71.8 Å². The Kier molecular flexibility index (Phi) is 8.36. The molecule has 0 spiro atoms. The van der Waals surface area contributed by atoms with E-state index in [-0.39, 0.29) is 12.3 Å². The highest BCUT2D eigenvalue weighted by molar-refractivity contribution is 5.79. The van der Waals surface area contributed by atoms with Crippen LogP contribution in [0.3, 0.4) is 0 Å². The molecule has 170 valence electrons. The Bertz CT molecular complexity index is 1010. The largest absolute Gasteiger partial charge is 0.497 e. The van der Waals surface area contributed by atoms with Gasteiger partial charge in [0.2, 0.25) is 0 Å². The Labute approximate surface area is 185 Å². The third-order valence-electron chi connectivity index (χ3n) is 4.50. The second kappa shape index (κ2) is 11.6. The van der Waals surface area contributed by atoms with Crippen molar-refractivity contribution in [1.29, 1.82) is 0 Å². The van der Waals surface area contributed by atoms with E-state index in [1.807, 2.05) is 25.1 Å². The first-order valence-electron chi connectivity index (χ1n) is 10.1. The fraction of sp³-hybridized carbons (Fsp3) is 0.318. The molecule has 0 saturated carbocycles. The smallest absolute Gasteiger partial charge is 0.387 e. The van der Waals surface area contributed by atoms with Gasteiger partial charge in [0, 0.05) is 18.7 Å². The number of halogens is 2. The molecule has 10 heteroatoms. The highest BCUT2D eigenvalue weighted by Crippen LogP contribution is 2.25. The van der Waals surface area contributed by atoms with E-state index in [1.54, 1.807) is 23.1 Å². The minimum Gasteiger partial charge on any atom is -0.497 e. The molecule has 0 bridgehead atoms. The van der Waals surface area contributed by atoms with E-state index in [9.17, 15) is 8.78 Å². The summed E-state index contributed by atoms with van der Waals surface area (Å²) in [5, 5.41) is 10.4. The molecule has 2 N–H and O–H groups in total. The molecule has 0 atom stereocenters. The average molecular weight is 444 g/mol. The van der Waals surface area contributed by atoms with Crippen LogP contribution in [0.5, 0.6) is 11.5 Å². The zero-order chi connectivity index (χ0) is 22.8. The van der Waals surface area contributed by atoms with Gasteiger partial charge in [-0.15, -0.1) is 0 Å². The second-order valence-electron chi connectivity index (χ2n) is 6.81. The van der Waals surface area contributed by atoms with Gasteiger partial charge in [0.15, 0.2) is 5.96 Å². The van der Waals surface area contributed by atoms with Crippen molar-refractivity contribution in [3.63, 3.8) is 0 Å². The quantitative estimate of drug-likeness (QED) is 0.369. The predicted molar refractivity (Wildman–Crippen MR) is 117 cm³/mol. The number of methoxy groups -OCH3 is 1. The molecule has 1 aromatic heterocycles. The normalized spacial score (nSPS) is 11.5. The molecule has 0 aliphatic carbocycles. The maximum Gasteiger partial charge on any atom is 0.387 e. The molecule has 2 aromatic carbocycles. The van der Waals surface area contributed by atoms with Gasteiger partial charge in [0.25, 0.3) is 0 Å². The molecule has 8 nitrogen and oxygen atoms in total. The van der Waals surface area contributed by atoms with Crippen molar-refractivity contribution in [3.8, 4) is 11.5 Å². The molecule has 0 unspecified atom stereocenters. The van der Waals surface area contributed by atoms with Gasteiger partial charge in [-0.1, -0.05) is 24.3 Å². The average Bonchev–Trinajstić information content (AvgIpc) is 3.29. The first-order chi connectivity index (χ1) is 15.6. The van der Waals surface area contributed by atoms with Crippen molar-refractivity contribution in [2.75, 3.05) is 13.7 Å². The molecule has 0 aliphatic rings. The molecular weight excluding hydrogens is 418 g/mol. The van der Waals surface area contributed by atoms with Crippen molar-refractivity contribution >= 4 is 5.96 Å². The monoisotopic (exact) mass is 444 g/mol. The number of aliphatic imine (C=N–C) groups is 1. The van der Waals surface area contributed by atoms with E-state index >= 15 is 0 Å². The molecule has 3 aromatic rings. The number of hydrogen-bond donors (Lipinski definition) is 2. The van der Waals surface area contributed by atoms with Crippen molar-refractivity contribution in [2.45, 2.75) is 33.2 Å². The van der Waals surface area contributed by atoms with Crippen LogP contribution >= 0.6 is 0 Å². The zero-order valence-corrected chi connectivity index (χ0v) is 18.0. The minimum atomic E-state index is -2.91. The number of ether oxygens (including phenoxy) is 2. The van der Waals surface area contributed by atoms with E-state index in [2.05, 4.69) is 36.5 Å². The number of benzene rings is 2. The number of guanidine groups is 1. The van der Waals surface area contributed by atoms with Crippen LogP contribution in [0.2, 0.25) is 0 Å². The molecule has 32 heavy (non-hydrogen) atoms. The van der Waals surface area contributed by atoms with E-state index in [0.29, 0.717) is 36.9 Å². The van der Waals surface area contributed by atoms with Crippen LogP contribution in [0.15, 0.2) is 60.1 Å². The molecule has 0 amide bonds. The van der Waals surface area contributed by atoms with Gasteiger partial charge in [-0.05, 0) is 36.2 Å². The molecule has 0 saturated heterocycles. The number of rotatable bonds is 10. The van der Waals surface area contributed by atoms with Crippen LogP contribution in [-0.2, 0) is 19.6 Å². The summed E-state index contributed by atoms with van der Waals surface area (Å²) in [6, 6.07) is 12.7. The van der Waals surface area contributed by atoms with Crippen LogP contribution in [-0.4, -0.2) is 41.0 Å². The van der Waals surface area contributed by atoms with Gasteiger partial charge in [0.1, 0.15) is 24.2 Å². The van der Waals surface area contributed by atoms with Gasteiger partial charge in [-0.2, -0.15) is 13.9 Å². The molecule has 3 rings (SSSR count). The summed E-state index contributed by atoms with van der Waals surface area (Å²) >= 11 is 0. The van der Waals surface area contributed by atoms with Crippen LogP contribution in [0, 0.1) is 0 Å². The van der Waals surface area contributed by atoms with Crippen molar-refractivity contribution in [1.82, 2.24) is 25.4 Å². The van der Waals surface area contributed by atoms with E-state index in [4.69, 9.17) is 4.74 Å². The van der Waals surface area contributed by atoms with Crippen molar-refractivity contribution < 1.29 is 18.3 Å². The summed E-state index contributed by atoms with van der Waals surface area (Å²) in [5.41, 5.74) is 2.65. The van der Waals surface area contributed by atoms with E-state index < -0.39 is 6.61 Å². The summed E-state index contributed by atoms with van der Waals surface area (Å²) in [4.78, 5) is 8.56. The predicted octanol–water partition coefficient (Wildman–Crippen LogP) is 3.19. The third kappa shape index (κ3) is 6.93. The summed E-state index contributed by atoms with van der Waals surface area (Å²) in [7, 11) is 1.52. The first-order valence-corrected chi connectivity index (χ1v) is 10.1. The van der Waals surface area contributed by atoms with Crippen LogP contribution in [0.4, 0.5) is 8.78 Å². The second-order valence-corrected chi connectivity index (χ2v) is 6.81.